The lowest BCUT2D eigenvalue weighted by atomic mass is 10.1. The second-order valence-corrected chi connectivity index (χ2v) is 12.5. The van der Waals surface area contributed by atoms with Crippen molar-refractivity contribution in [2.75, 3.05) is 57.2 Å². The first kappa shape index (κ1) is 23.3. The highest BCUT2D eigenvalue weighted by atomic mass is 32.2. The maximum absolute atomic E-state index is 15.1. The Morgan fingerprint density at radius 1 is 1.12 bits per heavy atom. The van der Waals surface area contributed by atoms with Crippen molar-refractivity contribution in [2.24, 2.45) is 17.8 Å². The van der Waals surface area contributed by atoms with Crippen molar-refractivity contribution < 1.29 is 31.1 Å². The fraction of sp³-hybridized carbons (Fsp3) is 0.550. The van der Waals surface area contributed by atoms with Crippen LogP contribution in [0.1, 0.15) is 5.56 Å². The van der Waals surface area contributed by atoms with Crippen LogP contribution in [-0.4, -0.2) is 94.2 Å². The van der Waals surface area contributed by atoms with Gasteiger partial charge in [0.15, 0.2) is 5.82 Å². The number of benzene rings is 1. The Morgan fingerprint density at radius 3 is 2.35 bits per heavy atom. The molecule has 2 N–H and O–H groups in total. The molecule has 14 heteroatoms. The number of phenols is 1. The van der Waals surface area contributed by atoms with Crippen LogP contribution in [0.15, 0.2) is 12.1 Å². The summed E-state index contributed by atoms with van der Waals surface area (Å²) in [5.74, 6) is 3.22. The number of halogens is 1. The lowest BCUT2D eigenvalue weighted by Gasteiger charge is -2.34. The molecule has 3 atom stereocenters. The molecule has 34 heavy (non-hydrogen) atoms. The first-order valence-electron chi connectivity index (χ1n) is 10.8. The number of carbonyl (C=O) groups excluding carboxylic acids is 1. The molecule has 0 aromatic heterocycles. The number of piperazine rings is 1. The van der Waals surface area contributed by atoms with Crippen LogP contribution in [0.3, 0.4) is 0 Å². The number of nitrogens with zero attached hydrogens (tertiary/aromatic N) is 4. The van der Waals surface area contributed by atoms with Gasteiger partial charge in [-0.1, -0.05) is 11.8 Å². The molecule has 184 valence electrons. The van der Waals surface area contributed by atoms with E-state index in [1.807, 2.05) is 7.05 Å². The number of aromatic hydroxyl groups is 1. The highest BCUT2D eigenvalue weighted by Crippen LogP contribution is 2.52. The van der Waals surface area contributed by atoms with Crippen molar-refractivity contribution in [3.63, 3.8) is 0 Å². The summed E-state index contributed by atoms with van der Waals surface area (Å²) < 4.78 is 70.2. The van der Waals surface area contributed by atoms with E-state index in [4.69, 9.17) is 0 Å². The monoisotopic (exact) mass is 513 g/mol. The SMILES string of the molecule is CN1CCN(S(=O)(=O)N2C[C@@H]3C(C#Cc4ccc(O)c(N5CC(=O)NS5(=O)=O)c4F)[C@@H]3C2)CC1. The number of hydrogen-bond donors (Lipinski definition) is 2. The lowest BCUT2D eigenvalue weighted by molar-refractivity contribution is -0.117. The normalized spacial score (nSPS) is 29.4. The summed E-state index contributed by atoms with van der Waals surface area (Å²) in [7, 11) is -5.85. The van der Waals surface area contributed by atoms with Crippen LogP contribution in [0.2, 0.25) is 0 Å². The summed E-state index contributed by atoms with van der Waals surface area (Å²) in [6.45, 7) is 2.39. The van der Waals surface area contributed by atoms with Gasteiger partial charge in [0, 0.05) is 45.2 Å². The van der Waals surface area contributed by atoms with E-state index in [0.717, 1.165) is 6.07 Å². The second-order valence-electron chi connectivity index (χ2n) is 8.98. The predicted molar refractivity (Wildman–Crippen MR) is 119 cm³/mol. The Labute approximate surface area is 197 Å². The van der Waals surface area contributed by atoms with Gasteiger partial charge >= 0.3 is 10.2 Å². The van der Waals surface area contributed by atoms with Crippen molar-refractivity contribution in [3.8, 4) is 17.6 Å². The number of fused-ring (bicyclic) bond motifs is 1. The van der Waals surface area contributed by atoms with Crippen molar-refractivity contribution in [1.29, 1.82) is 0 Å². The molecule has 0 radical (unpaired) electrons. The Kier molecular flexibility index (Phi) is 5.53. The average Bonchev–Trinajstić information content (AvgIpc) is 3.07. The maximum atomic E-state index is 15.1. The van der Waals surface area contributed by atoms with Crippen molar-refractivity contribution in [2.45, 2.75) is 0 Å². The number of rotatable bonds is 3. The molecule has 5 rings (SSSR count). The average molecular weight is 514 g/mol. The van der Waals surface area contributed by atoms with Gasteiger partial charge in [-0.3, -0.25) is 4.79 Å². The van der Waals surface area contributed by atoms with Gasteiger partial charge in [-0.25, -0.2) is 13.4 Å². The van der Waals surface area contributed by atoms with Crippen LogP contribution in [0.25, 0.3) is 0 Å². The number of hydrogen-bond acceptors (Lipinski definition) is 7. The zero-order valence-electron chi connectivity index (χ0n) is 18.3. The van der Waals surface area contributed by atoms with Crippen LogP contribution in [-0.2, 0) is 25.2 Å². The van der Waals surface area contributed by atoms with E-state index in [2.05, 4.69) is 16.7 Å². The molecule has 1 unspecified atom stereocenters. The number of anilines is 1. The molecule has 11 nitrogen and oxygen atoms in total. The summed E-state index contributed by atoms with van der Waals surface area (Å²) in [6.07, 6.45) is 0. The molecule has 4 fully saturated rings. The Bertz CT molecular complexity index is 1300. The van der Waals surface area contributed by atoms with E-state index >= 15 is 4.39 Å². The number of amides is 1. The molecule has 4 aliphatic rings. The first-order chi connectivity index (χ1) is 16.0. The van der Waals surface area contributed by atoms with Gasteiger partial charge in [-0.05, 0) is 31.0 Å². The number of likely N-dealkylation sites (N-methyl/N-ethyl adjacent to an activating group) is 1. The van der Waals surface area contributed by atoms with E-state index in [1.54, 1.807) is 4.72 Å². The first-order valence-corrected chi connectivity index (χ1v) is 13.6. The molecule has 3 heterocycles. The molecule has 1 saturated carbocycles. The summed E-state index contributed by atoms with van der Waals surface area (Å²) in [5, 5.41) is 10.0. The van der Waals surface area contributed by atoms with Crippen molar-refractivity contribution in [1.82, 2.24) is 18.2 Å². The minimum Gasteiger partial charge on any atom is -0.506 e. The Balaban J connectivity index is 1.29. The van der Waals surface area contributed by atoms with Gasteiger partial charge in [0.25, 0.3) is 16.1 Å². The summed E-state index contributed by atoms with van der Waals surface area (Å²) in [4.78, 5) is 13.6. The lowest BCUT2D eigenvalue weighted by Crippen LogP contribution is -2.52. The molecule has 3 saturated heterocycles. The fourth-order valence-corrected chi connectivity index (χ4v) is 7.60. The van der Waals surface area contributed by atoms with Crippen LogP contribution < -0.4 is 9.03 Å². The van der Waals surface area contributed by atoms with E-state index in [1.165, 1.54) is 14.7 Å². The standard InChI is InChI=1S/C20H24FN5O6S2/c1-23-6-8-24(9-7-23)34(31,32)25-10-15-14(16(15)11-25)4-2-13-3-5-17(27)20(19(13)21)26-12-18(28)22-33(26,29)30/h3,5,14-16,27H,6-12H2,1H3,(H,22,28)/t14?,15-,16+. The van der Waals surface area contributed by atoms with Gasteiger partial charge in [-0.15, -0.1) is 0 Å². The van der Waals surface area contributed by atoms with Crippen molar-refractivity contribution in [3.05, 3.63) is 23.5 Å². The highest BCUT2D eigenvalue weighted by molar-refractivity contribution is 7.92. The number of piperidine rings is 1. The fourth-order valence-electron chi connectivity index (χ4n) is 4.77. The smallest absolute Gasteiger partial charge is 0.326 e. The molecule has 3 aliphatic heterocycles. The highest BCUT2D eigenvalue weighted by Gasteiger charge is 2.58. The molecular weight excluding hydrogens is 489 g/mol. The molecular formula is C20H24FN5O6S2. The summed E-state index contributed by atoms with van der Waals surface area (Å²) >= 11 is 0. The topological polar surface area (TPSA) is 131 Å². The quantitative estimate of drug-likeness (QED) is 0.482. The third-order valence-corrected chi connectivity index (χ3v) is 10.2. The zero-order valence-corrected chi connectivity index (χ0v) is 19.9. The zero-order chi connectivity index (χ0) is 24.4. The minimum absolute atomic E-state index is 0.0650. The van der Waals surface area contributed by atoms with E-state index in [9.17, 15) is 26.7 Å². The summed E-state index contributed by atoms with van der Waals surface area (Å²) in [5.41, 5.74) is -0.750. The molecule has 1 amide bonds. The molecule has 1 aromatic rings. The van der Waals surface area contributed by atoms with Gasteiger partial charge in [0.1, 0.15) is 18.0 Å². The van der Waals surface area contributed by atoms with Gasteiger partial charge < -0.3 is 10.0 Å². The largest absolute Gasteiger partial charge is 0.506 e. The third-order valence-electron chi connectivity index (χ3n) is 6.81. The maximum Gasteiger partial charge on any atom is 0.326 e. The third kappa shape index (κ3) is 3.91. The van der Waals surface area contributed by atoms with E-state index < -0.39 is 50.1 Å². The summed E-state index contributed by atoms with van der Waals surface area (Å²) in [6, 6.07) is 2.36. The Hall–Kier alpha value is -2.44. The van der Waals surface area contributed by atoms with Crippen molar-refractivity contribution >= 4 is 32.0 Å². The van der Waals surface area contributed by atoms with Crippen LogP contribution in [0.4, 0.5) is 10.1 Å². The van der Waals surface area contributed by atoms with E-state index in [-0.39, 0.29) is 23.3 Å². The van der Waals surface area contributed by atoms with Gasteiger partial charge in [-0.2, -0.15) is 25.4 Å². The predicted octanol–water partition coefficient (Wildman–Crippen LogP) is -1.27. The van der Waals surface area contributed by atoms with E-state index in [0.29, 0.717) is 43.6 Å². The molecule has 0 spiro atoms. The Morgan fingerprint density at radius 2 is 1.76 bits per heavy atom. The van der Waals surface area contributed by atoms with Crippen LogP contribution >= 0.6 is 0 Å². The second kappa shape index (κ2) is 8.06. The number of phenolic OH excluding ortho intramolecular Hbond substituents is 1. The molecule has 1 aromatic carbocycles. The van der Waals surface area contributed by atoms with Gasteiger partial charge in [0.05, 0.1) is 5.56 Å². The number of nitrogens with one attached hydrogen (secondary N) is 1. The van der Waals surface area contributed by atoms with Gasteiger partial charge in [0.2, 0.25) is 0 Å². The van der Waals surface area contributed by atoms with Crippen LogP contribution in [0.5, 0.6) is 5.75 Å². The van der Waals surface area contributed by atoms with Crippen LogP contribution in [0, 0.1) is 35.4 Å². The molecule has 1 aliphatic carbocycles. The molecule has 0 bridgehead atoms. The number of carbonyl (C=O) groups is 1. The minimum atomic E-state index is -4.30.